The van der Waals surface area contributed by atoms with Crippen LogP contribution in [-0.2, 0) is 32.1 Å². The molecule has 5 N–H and O–H groups in total. The minimum Gasteiger partial charge on any atom is -0.507 e. The highest BCUT2D eigenvalue weighted by Gasteiger charge is 2.69. The quantitative estimate of drug-likeness (QED) is 0.384. The summed E-state index contributed by atoms with van der Waals surface area (Å²) in [5.41, 5.74) is 3.58. The average molecular weight is 560 g/mol. The lowest BCUT2D eigenvalue weighted by Crippen LogP contribution is -2.74. The molecule has 4 aliphatic carbocycles. The fourth-order valence-corrected chi connectivity index (χ4v) is 7.69. The van der Waals surface area contributed by atoms with Crippen LogP contribution in [0, 0.1) is 23.7 Å². The number of carbonyl (C=O) groups is 5. The van der Waals surface area contributed by atoms with Gasteiger partial charge in [0, 0.05) is 23.5 Å². The Hall–Kier alpha value is -2.66. The largest absolute Gasteiger partial charge is 0.507 e. The molecule has 0 saturated heterocycles. The molecule has 10 nitrogen and oxygen atoms in total. The maximum Gasteiger partial charge on any atom is 0.235 e. The number of amides is 1. The minimum atomic E-state index is -2.74. The number of nitrogens with zero attached hydrogens (tertiary/aromatic N) is 1. The second-order valence-corrected chi connectivity index (χ2v) is 12.1. The normalized spacial score (nSPS) is 33.1. The number of aliphatic hydroxyl groups is 1. The zero-order chi connectivity index (χ0) is 28.4. The van der Waals surface area contributed by atoms with Gasteiger partial charge in [-0.05, 0) is 62.9 Å². The van der Waals surface area contributed by atoms with E-state index in [4.69, 9.17) is 17.3 Å². The molecule has 5 rings (SSSR count). The van der Waals surface area contributed by atoms with Gasteiger partial charge in [0.05, 0.1) is 17.5 Å². The van der Waals surface area contributed by atoms with E-state index in [-0.39, 0.29) is 24.2 Å². The molecule has 1 amide bonds. The molecule has 4 aliphatic rings. The predicted octanol–water partition coefficient (Wildman–Crippen LogP) is 0.943. The molecule has 0 bridgehead atoms. The fourth-order valence-electron chi connectivity index (χ4n) is 7.40. The molecule has 0 aliphatic heterocycles. The number of rotatable bonds is 5. The number of Topliss-reactive ketones (excluding diaryl/α,β-unsaturated/α-hetero) is 4. The molecule has 11 heteroatoms. The number of primary amides is 1. The van der Waals surface area contributed by atoms with Crippen molar-refractivity contribution in [2.24, 2.45) is 29.4 Å². The topological polar surface area (TPSA) is 167 Å². The van der Waals surface area contributed by atoms with Crippen LogP contribution in [0.3, 0.4) is 0 Å². The molecule has 6 atom stereocenters. The summed E-state index contributed by atoms with van der Waals surface area (Å²) in [7, 11) is 3.10. The van der Waals surface area contributed by atoms with Crippen molar-refractivity contribution in [3.05, 3.63) is 27.8 Å². The van der Waals surface area contributed by atoms with Crippen molar-refractivity contribution in [2.45, 2.75) is 69.2 Å². The second kappa shape index (κ2) is 10.1. The third-order valence-electron chi connectivity index (χ3n) is 9.26. The Bertz CT molecular complexity index is 1270. The number of carbonyl (C=O) groups excluding carboxylic acids is 5. The van der Waals surface area contributed by atoms with Crippen LogP contribution in [-0.4, -0.2) is 75.9 Å². The molecule has 3 saturated carbocycles. The van der Waals surface area contributed by atoms with E-state index in [0.29, 0.717) is 28.7 Å². The lowest BCUT2D eigenvalue weighted by molar-refractivity contribution is -0.181. The van der Waals surface area contributed by atoms with Gasteiger partial charge in [0.25, 0.3) is 0 Å². The summed E-state index contributed by atoms with van der Waals surface area (Å²) in [4.78, 5) is 67.6. The number of ketones is 4. The molecule has 2 unspecified atom stereocenters. The van der Waals surface area contributed by atoms with Gasteiger partial charge in [-0.3, -0.25) is 28.9 Å². The molecule has 3 fully saturated rings. The zero-order valence-corrected chi connectivity index (χ0v) is 22.8. The molecule has 39 heavy (non-hydrogen) atoms. The van der Waals surface area contributed by atoms with Gasteiger partial charge in [0.1, 0.15) is 5.75 Å². The maximum atomic E-state index is 13.8. The standard InChI is InChI=1S/C28H34ClN3O7/c1-32(2)22-16-9-12-8-15-19(17(33)10-13(21(15)29)11-31-14-6-4-3-5-7-14)23(34)18(12)25(36)28(16,39)26(37)20(24(22)35)27(30)38/h10,12,14,16,18,20,22,31,33,39H,3-9,11H2,1-2H3,(H2,30,38)/t12-,16-,18?,20?,22-,28-/m0/s1. The summed E-state index contributed by atoms with van der Waals surface area (Å²) < 4.78 is 0. The highest BCUT2D eigenvalue weighted by Crippen LogP contribution is 2.51. The van der Waals surface area contributed by atoms with Crippen molar-refractivity contribution in [1.82, 2.24) is 10.2 Å². The van der Waals surface area contributed by atoms with Crippen molar-refractivity contribution < 1.29 is 34.2 Å². The van der Waals surface area contributed by atoms with E-state index in [9.17, 15) is 34.2 Å². The lowest BCUT2D eigenvalue weighted by atomic mass is 9.52. The Labute approximate surface area is 231 Å². The molecule has 0 aromatic heterocycles. The maximum absolute atomic E-state index is 13.8. The van der Waals surface area contributed by atoms with E-state index >= 15 is 0 Å². The Morgan fingerprint density at radius 2 is 1.82 bits per heavy atom. The molecule has 1 aromatic carbocycles. The van der Waals surface area contributed by atoms with Gasteiger partial charge in [0.15, 0.2) is 34.7 Å². The number of hydrogen-bond acceptors (Lipinski definition) is 9. The van der Waals surface area contributed by atoms with E-state index < -0.39 is 64.4 Å². The van der Waals surface area contributed by atoms with Crippen LogP contribution in [0.1, 0.15) is 60.0 Å². The highest BCUT2D eigenvalue weighted by atomic mass is 35.5. The summed E-state index contributed by atoms with van der Waals surface area (Å²) in [5.74, 6) is -10.7. The van der Waals surface area contributed by atoms with Crippen LogP contribution in [0.15, 0.2) is 6.07 Å². The molecular weight excluding hydrogens is 526 g/mol. The Morgan fingerprint density at radius 3 is 2.44 bits per heavy atom. The first-order valence-corrected chi connectivity index (χ1v) is 13.9. The van der Waals surface area contributed by atoms with Crippen LogP contribution in [0.5, 0.6) is 5.75 Å². The van der Waals surface area contributed by atoms with E-state index in [1.165, 1.54) is 17.4 Å². The highest BCUT2D eigenvalue weighted by molar-refractivity contribution is 6.34. The average Bonchev–Trinajstić information content (AvgIpc) is 2.87. The summed E-state index contributed by atoms with van der Waals surface area (Å²) in [6.45, 7) is 0.411. The number of halogens is 1. The summed E-state index contributed by atoms with van der Waals surface area (Å²) in [5, 5.41) is 26.3. The number of nitrogens with two attached hydrogens (primary N) is 1. The number of nitrogens with one attached hydrogen (secondary N) is 1. The number of hydrogen-bond donors (Lipinski definition) is 4. The van der Waals surface area contributed by atoms with Gasteiger partial charge in [-0.15, -0.1) is 0 Å². The van der Waals surface area contributed by atoms with Gasteiger partial charge >= 0.3 is 0 Å². The van der Waals surface area contributed by atoms with E-state index in [1.54, 1.807) is 14.1 Å². The first kappa shape index (κ1) is 27.9. The molecule has 0 heterocycles. The Kier molecular flexibility index (Phi) is 7.20. The van der Waals surface area contributed by atoms with Crippen molar-refractivity contribution >= 4 is 40.6 Å². The minimum absolute atomic E-state index is 0.00840. The van der Waals surface area contributed by atoms with Crippen LogP contribution < -0.4 is 11.1 Å². The Balaban J connectivity index is 1.52. The summed E-state index contributed by atoms with van der Waals surface area (Å²) in [6.07, 6.45) is 5.78. The van der Waals surface area contributed by atoms with Gasteiger partial charge in [-0.25, -0.2) is 0 Å². The van der Waals surface area contributed by atoms with Gasteiger partial charge < -0.3 is 21.3 Å². The first-order valence-electron chi connectivity index (χ1n) is 13.5. The van der Waals surface area contributed by atoms with E-state index in [2.05, 4.69) is 5.32 Å². The SMILES string of the molecule is CN(C)[C@@H]1C(=O)C(C(N)=O)C(=O)[C@@]2(O)C(=O)C3C(=O)c4c(O)cc(CNC5CCCCC5)c(Cl)c4C[C@H]3C[C@@H]12. The lowest BCUT2D eigenvalue weighted by Gasteiger charge is -2.52. The summed E-state index contributed by atoms with van der Waals surface area (Å²) >= 11 is 6.79. The van der Waals surface area contributed by atoms with Crippen molar-refractivity contribution in [3.8, 4) is 5.75 Å². The number of likely N-dealkylation sites (N-methyl/N-ethyl adjacent to an activating group) is 1. The third-order valence-corrected chi connectivity index (χ3v) is 9.73. The fraction of sp³-hybridized carbons (Fsp3) is 0.607. The number of aromatic hydroxyl groups is 1. The molecule has 0 radical (unpaired) electrons. The molecule has 1 aromatic rings. The Morgan fingerprint density at radius 1 is 1.15 bits per heavy atom. The number of benzene rings is 1. The molecule has 0 spiro atoms. The predicted molar refractivity (Wildman–Crippen MR) is 140 cm³/mol. The van der Waals surface area contributed by atoms with E-state index in [1.807, 2.05) is 0 Å². The van der Waals surface area contributed by atoms with Crippen molar-refractivity contribution in [2.75, 3.05) is 14.1 Å². The van der Waals surface area contributed by atoms with Gasteiger partial charge in [-0.1, -0.05) is 30.9 Å². The van der Waals surface area contributed by atoms with Crippen LogP contribution >= 0.6 is 11.6 Å². The monoisotopic (exact) mass is 559 g/mol. The van der Waals surface area contributed by atoms with Gasteiger partial charge in [0.2, 0.25) is 5.91 Å². The molecule has 210 valence electrons. The smallest absolute Gasteiger partial charge is 0.235 e. The van der Waals surface area contributed by atoms with Gasteiger partial charge in [-0.2, -0.15) is 0 Å². The number of phenolic OH excluding ortho intramolecular Hbond substituents is 1. The van der Waals surface area contributed by atoms with E-state index in [0.717, 1.165) is 25.7 Å². The van der Waals surface area contributed by atoms with Crippen LogP contribution in [0.2, 0.25) is 5.02 Å². The van der Waals surface area contributed by atoms with Crippen LogP contribution in [0.4, 0.5) is 0 Å². The number of fused-ring (bicyclic) bond motifs is 3. The molecular formula is C28H34ClN3O7. The van der Waals surface area contributed by atoms with Crippen LogP contribution in [0.25, 0.3) is 0 Å². The van der Waals surface area contributed by atoms with Crippen molar-refractivity contribution in [3.63, 3.8) is 0 Å². The second-order valence-electron chi connectivity index (χ2n) is 11.7. The third kappa shape index (κ3) is 4.23. The zero-order valence-electron chi connectivity index (χ0n) is 22.0. The van der Waals surface area contributed by atoms with Crippen molar-refractivity contribution in [1.29, 1.82) is 0 Å². The summed E-state index contributed by atoms with van der Waals surface area (Å²) in [6, 6.07) is 0.637. The number of phenols is 1. The first-order chi connectivity index (χ1) is 18.4.